The highest BCUT2D eigenvalue weighted by molar-refractivity contribution is 6.30. The average Bonchev–Trinajstić information content (AvgIpc) is 3.16. The lowest BCUT2D eigenvalue weighted by atomic mass is 10.1. The van der Waals surface area contributed by atoms with Crippen LogP contribution < -0.4 is 5.32 Å². The molecule has 0 saturated heterocycles. The van der Waals surface area contributed by atoms with Gasteiger partial charge in [0.1, 0.15) is 6.54 Å². The molecule has 1 aromatic carbocycles. The lowest BCUT2D eigenvalue weighted by molar-refractivity contribution is -0.142. The molecule has 10 heteroatoms. The third-order valence-corrected chi connectivity index (χ3v) is 5.42. The van der Waals surface area contributed by atoms with Crippen LogP contribution in [0.3, 0.4) is 0 Å². The number of aromatic nitrogens is 4. The number of amides is 1. The van der Waals surface area contributed by atoms with Gasteiger partial charge in [-0.3, -0.25) is 14.2 Å². The maximum Gasteiger partial charge on any atom is 0.435 e. The van der Waals surface area contributed by atoms with Gasteiger partial charge in [0.05, 0.1) is 17.8 Å². The van der Waals surface area contributed by atoms with Gasteiger partial charge >= 0.3 is 6.18 Å². The van der Waals surface area contributed by atoms with E-state index in [-0.39, 0.29) is 12.1 Å². The second kappa shape index (κ2) is 8.74. The minimum absolute atomic E-state index is 0.234. The number of nitrogens with one attached hydrogen (secondary N) is 1. The Bertz CT molecular complexity index is 1090. The number of anilines is 1. The van der Waals surface area contributed by atoms with Gasteiger partial charge in [-0.2, -0.15) is 23.4 Å². The van der Waals surface area contributed by atoms with E-state index in [9.17, 15) is 18.0 Å². The van der Waals surface area contributed by atoms with E-state index >= 15 is 0 Å². The van der Waals surface area contributed by atoms with Crippen molar-refractivity contribution in [2.24, 2.45) is 0 Å². The van der Waals surface area contributed by atoms with Crippen molar-refractivity contribution < 1.29 is 18.0 Å². The van der Waals surface area contributed by atoms with Crippen molar-refractivity contribution >= 4 is 23.2 Å². The SMILES string of the molecule is O=C(Cn1nc(C(F)(F)F)c2c1CCCCC2)Nc1cccc(Cn2cc(Cl)cn2)c1. The monoisotopic (exact) mass is 451 g/mol. The molecule has 164 valence electrons. The van der Waals surface area contributed by atoms with E-state index in [1.807, 2.05) is 6.07 Å². The molecule has 0 bridgehead atoms. The number of alkyl halides is 3. The molecule has 31 heavy (non-hydrogen) atoms. The van der Waals surface area contributed by atoms with Crippen molar-refractivity contribution in [3.63, 3.8) is 0 Å². The lowest BCUT2D eigenvalue weighted by Gasteiger charge is -2.10. The van der Waals surface area contributed by atoms with Crippen LogP contribution in [0, 0.1) is 0 Å². The van der Waals surface area contributed by atoms with Crippen LogP contribution in [0.1, 0.15) is 41.8 Å². The van der Waals surface area contributed by atoms with Crippen LogP contribution in [-0.2, 0) is 36.9 Å². The number of carbonyl (C=O) groups is 1. The molecule has 0 saturated carbocycles. The highest BCUT2D eigenvalue weighted by Gasteiger charge is 2.39. The Morgan fingerprint density at radius 2 is 2.00 bits per heavy atom. The van der Waals surface area contributed by atoms with Crippen LogP contribution in [0.25, 0.3) is 0 Å². The predicted molar refractivity (Wildman–Crippen MR) is 110 cm³/mol. The zero-order chi connectivity index (χ0) is 22.0. The van der Waals surface area contributed by atoms with E-state index in [0.29, 0.717) is 42.2 Å². The topological polar surface area (TPSA) is 64.7 Å². The molecule has 0 fully saturated rings. The van der Waals surface area contributed by atoms with Crippen LogP contribution in [-0.4, -0.2) is 25.5 Å². The summed E-state index contributed by atoms with van der Waals surface area (Å²) in [4.78, 5) is 12.6. The molecule has 2 aromatic heterocycles. The van der Waals surface area contributed by atoms with Crippen molar-refractivity contribution in [3.05, 3.63) is 64.2 Å². The van der Waals surface area contributed by atoms with Crippen LogP contribution in [0.4, 0.5) is 18.9 Å². The van der Waals surface area contributed by atoms with Gasteiger partial charge in [-0.1, -0.05) is 30.2 Å². The van der Waals surface area contributed by atoms with Gasteiger partial charge in [0.15, 0.2) is 5.69 Å². The molecule has 3 aromatic rings. The number of nitrogens with zero attached hydrogens (tertiary/aromatic N) is 4. The van der Waals surface area contributed by atoms with E-state index in [0.717, 1.165) is 18.4 Å². The molecule has 4 rings (SSSR count). The van der Waals surface area contributed by atoms with Crippen LogP contribution in [0.5, 0.6) is 0 Å². The summed E-state index contributed by atoms with van der Waals surface area (Å²) in [6.07, 6.45) is 1.88. The Hall–Kier alpha value is -2.81. The molecule has 0 radical (unpaired) electrons. The van der Waals surface area contributed by atoms with Crippen molar-refractivity contribution in [2.75, 3.05) is 5.32 Å². The van der Waals surface area contributed by atoms with Crippen LogP contribution in [0.15, 0.2) is 36.7 Å². The fraction of sp³-hybridized carbons (Fsp3) is 0.381. The van der Waals surface area contributed by atoms with Crippen molar-refractivity contribution in [2.45, 2.75) is 51.4 Å². The van der Waals surface area contributed by atoms with Crippen molar-refractivity contribution in [1.82, 2.24) is 19.6 Å². The molecule has 0 spiro atoms. The first-order valence-electron chi connectivity index (χ1n) is 10.0. The summed E-state index contributed by atoms with van der Waals surface area (Å²) >= 11 is 5.88. The summed E-state index contributed by atoms with van der Waals surface area (Å²) in [6, 6.07) is 7.19. The smallest absolute Gasteiger partial charge is 0.324 e. The molecule has 1 aliphatic rings. The molecule has 1 amide bonds. The van der Waals surface area contributed by atoms with Gasteiger partial charge in [0, 0.05) is 23.1 Å². The maximum atomic E-state index is 13.4. The fourth-order valence-corrected chi connectivity index (χ4v) is 4.06. The van der Waals surface area contributed by atoms with E-state index in [2.05, 4.69) is 15.5 Å². The lowest BCUT2D eigenvalue weighted by Crippen LogP contribution is -2.21. The third-order valence-electron chi connectivity index (χ3n) is 5.23. The Balaban J connectivity index is 1.49. The zero-order valence-corrected chi connectivity index (χ0v) is 17.4. The highest BCUT2D eigenvalue weighted by Crippen LogP contribution is 2.35. The number of benzene rings is 1. The molecule has 2 heterocycles. The van der Waals surface area contributed by atoms with E-state index in [4.69, 9.17) is 11.6 Å². The van der Waals surface area contributed by atoms with Gasteiger partial charge < -0.3 is 5.32 Å². The second-order valence-corrected chi connectivity index (χ2v) is 8.03. The van der Waals surface area contributed by atoms with Gasteiger partial charge in [-0.05, 0) is 43.4 Å². The summed E-state index contributed by atoms with van der Waals surface area (Å²) in [5.74, 6) is -0.428. The Labute approximate surface area is 182 Å². The number of hydrogen-bond donors (Lipinski definition) is 1. The van der Waals surface area contributed by atoms with Gasteiger partial charge in [-0.25, -0.2) is 0 Å². The van der Waals surface area contributed by atoms with Gasteiger partial charge in [0.2, 0.25) is 5.91 Å². The van der Waals surface area contributed by atoms with Crippen molar-refractivity contribution in [3.8, 4) is 0 Å². The van der Waals surface area contributed by atoms with E-state index < -0.39 is 17.8 Å². The quantitative estimate of drug-likeness (QED) is 0.571. The van der Waals surface area contributed by atoms with E-state index in [1.165, 1.54) is 10.9 Å². The molecule has 0 atom stereocenters. The number of hydrogen-bond acceptors (Lipinski definition) is 3. The molecular formula is C21H21ClF3N5O. The number of fused-ring (bicyclic) bond motifs is 1. The average molecular weight is 452 g/mol. The normalized spacial score (nSPS) is 14.2. The van der Waals surface area contributed by atoms with Gasteiger partial charge in [0.25, 0.3) is 0 Å². The van der Waals surface area contributed by atoms with Crippen LogP contribution >= 0.6 is 11.6 Å². The minimum Gasteiger partial charge on any atom is -0.324 e. The third kappa shape index (κ3) is 5.10. The van der Waals surface area contributed by atoms with Gasteiger partial charge in [-0.15, -0.1) is 0 Å². The second-order valence-electron chi connectivity index (χ2n) is 7.59. The summed E-state index contributed by atoms with van der Waals surface area (Å²) in [7, 11) is 0. The zero-order valence-electron chi connectivity index (χ0n) is 16.6. The first-order chi connectivity index (χ1) is 14.8. The largest absolute Gasteiger partial charge is 0.435 e. The molecule has 0 unspecified atom stereocenters. The van der Waals surface area contributed by atoms with Crippen LogP contribution in [0.2, 0.25) is 5.02 Å². The molecular weight excluding hydrogens is 431 g/mol. The maximum absolute atomic E-state index is 13.4. The molecule has 6 nitrogen and oxygen atoms in total. The van der Waals surface area contributed by atoms with Crippen molar-refractivity contribution in [1.29, 1.82) is 0 Å². The minimum atomic E-state index is -4.53. The summed E-state index contributed by atoms with van der Waals surface area (Å²) in [5, 5.41) is 11.2. The molecule has 1 N–H and O–H groups in total. The standard InChI is InChI=1S/C21H21ClF3N5O/c22-15-10-26-29(12-15)11-14-5-4-6-16(9-14)27-19(31)13-30-18-8-3-1-2-7-17(18)20(28-30)21(23,24)25/h4-6,9-10,12H,1-3,7-8,11,13H2,(H,27,31). The fourth-order valence-electron chi connectivity index (χ4n) is 3.90. The van der Waals surface area contributed by atoms with E-state index in [1.54, 1.807) is 29.1 Å². The highest BCUT2D eigenvalue weighted by atomic mass is 35.5. The summed E-state index contributed by atoms with van der Waals surface area (Å²) < 4.78 is 43.2. The first-order valence-corrected chi connectivity index (χ1v) is 10.4. The predicted octanol–water partition coefficient (Wildman–Crippen LogP) is 4.71. The first kappa shape index (κ1) is 21.4. The Kier molecular flexibility index (Phi) is 6.04. The number of halogens is 4. The Morgan fingerprint density at radius 1 is 1.19 bits per heavy atom. The molecule has 1 aliphatic carbocycles. The summed E-state index contributed by atoms with van der Waals surface area (Å²) in [5.41, 5.74) is 1.33. The number of rotatable bonds is 5. The summed E-state index contributed by atoms with van der Waals surface area (Å²) in [6.45, 7) is 0.204. The Morgan fingerprint density at radius 3 is 2.74 bits per heavy atom. The molecule has 0 aliphatic heterocycles. The number of carbonyl (C=O) groups excluding carboxylic acids is 1.